The Kier molecular flexibility index (Phi) is 4.07. The number of nitrogens with zero attached hydrogens (tertiary/aromatic N) is 2. The van der Waals surface area contributed by atoms with E-state index in [0.717, 1.165) is 24.2 Å². The molecule has 98 valence electrons. The molecule has 3 nitrogen and oxygen atoms in total. The third-order valence-corrected chi connectivity index (χ3v) is 3.95. The first-order valence-corrected chi connectivity index (χ1v) is 6.36. The summed E-state index contributed by atoms with van der Waals surface area (Å²) in [6.07, 6.45) is 2.32. The second-order valence-corrected chi connectivity index (χ2v) is 5.20. The van der Waals surface area contributed by atoms with Crippen molar-refractivity contribution in [3.05, 3.63) is 28.1 Å². The molecule has 2 aromatic rings. The molecule has 18 heavy (non-hydrogen) atoms. The highest BCUT2D eigenvalue weighted by Crippen LogP contribution is 2.35. The number of hydrogen-bond acceptors (Lipinski definition) is 3. The lowest BCUT2D eigenvalue weighted by Gasteiger charge is -2.16. The van der Waals surface area contributed by atoms with Gasteiger partial charge in [0.05, 0.1) is 11.1 Å². The molecule has 1 aliphatic heterocycles. The van der Waals surface area contributed by atoms with Gasteiger partial charge in [0.2, 0.25) is 0 Å². The summed E-state index contributed by atoms with van der Waals surface area (Å²) in [4.78, 5) is 6.51. The fourth-order valence-electron chi connectivity index (χ4n) is 2.37. The summed E-state index contributed by atoms with van der Waals surface area (Å²) >= 11 is 11.8. The third-order valence-electron chi connectivity index (χ3n) is 3.28. The molecule has 0 aliphatic carbocycles. The van der Waals surface area contributed by atoms with Gasteiger partial charge in [0.25, 0.3) is 0 Å². The summed E-state index contributed by atoms with van der Waals surface area (Å²) in [5.41, 5.74) is 1.48. The minimum atomic E-state index is 0. The lowest BCUT2D eigenvalue weighted by Crippen LogP contribution is -2.16. The van der Waals surface area contributed by atoms with Gasteiger partial charge in [0, 0.05) is 12.1 Å². The van der Waals surface area contributed by atoms with Gasteiger partial charge in [-0.2, -0.15) is 0 Å². The average molecular weight is 308 g/mol. The number of pyridine rings is 1. The summed E-state index contributed by atoms with van der Waals surface area (Å²) in [5, 5.41) is 0.756. The molecule has 0 amide bonds. The summed E-state index contributed by atoms with van der Waals surface area (Å²) in [6.45, 7) is 1.11. The van der Waals surface area contributed by atoms with Crippen LogP contribution in [0.5, 0.6) is 0 Å². The van der Waals surface area contributed by atoms with Crippen molar-refractivity contribution in [2.45, 2.75) is 18.9 Å². The fraction of sp³-hybridized carbons (Fsp3) is 0.417. The Morgan fingerprint density at radius 2 is 2.17 bits per heavy atom. The molecule has 0 aromatic carbocycles. The Hall–Kier alpha value is -0.480. The summed E-state index contributed by atoms with van der Waals surface area (Å²) in [5.74, 6) is 0.950. The van der Waals surface area contributed by atoms with Crippen molar-refractivity contribution in [3.8, 4) is 0 Å². The maximum atomic E-state index is 5.92. The minimum Gasteiger partial charge on any atom is -0.458 e. The lowest BCUT2D eigenvalue weighted by atomic mass is 10.2. The Labute approximate surface area is 121 Å². The van der Waals surface area contributed by atoms with Crippen LogP contribution in [0.25, 0.3) is 11.1 Å². The predicted molar refractivity (Wildman–Crippen MR) is 75.9 cm³/mol. The molecule has 0 spiro atoms. The number of rotatable bonds is 1. The number of halogens is 3. The van der Waals surface area contributed by atoms with E-state index in [1.54, 1.807) is 6.07 Å². The summed E-state index contributed by atoms with van der Waals surface area (Å²) in [7, 11) is 2.11. The minimum absolute atomic E-state index is 0. The highest BCUT2D eigenvalue weighted by Gasteiger charge is 2.26. The van der Waals surface area contributed by atoms with Gasteiger partial charge in [-0.1, -0.05) is 23.2 Å². The smallest absolute Gasteiger partial charge is 0.154 e. The van der Waals surface area contributed by atoms with Gasteiger partial charge in [0.15, 0.2) is 5.58 Å². The topological polar surface area (TPSA) is 29.3 Å². The van der Waals surface area contributed by atoms with Crippen molar-refractivity contribution in [1.82, 2.24) is 9.88 Å². The van der Waals surface area contributed by atoms with Crippen molar-refractivity contribution in [1.29, 1.82) is 0 Å². The Bertz CT molecular complexity index is 531. The van der Waals surface area contributed by atoms with Gasteiger partial charge in [-0.05, 0) is 26.4 Å². The van der Waals surface area contributed by atoms with Crippen molar-refractivity contribution in [2.24, 2.45) is 0 Å². The molecule has 1 atom stereocenters. The third kappa shape index (κ3) is 2.32. The van der Waals surface area contributed by atoms with Crippen LogP contribution in [0.15, 0.2) is 16.5 Å². The molecule has 6 heteroatoms. The van der Waals surface area contributed by atoms with E-state index >= 15 is 0 Å². The van der Waals surface area contributed by atoms with Crippen LogP contribution < -0.4 is 0 Å². The molecule has 0 bridgehead atoms. The van der Waals surface area contributed by atoms with Crippen molar-refractivity contribution < 1.29 is 4.42 Å². The van der Waals surface area contributed by atoms with E-state index < -0.39 is 0 Å². The van der Waals surface area contributed by atoms with Crippen molar-refractivity contribution in [3.63, 3.8) is 0 Å². The SMILES string of the molecule is CN1CCC[C@H]1c1cc2nc(Cl)c(Cl)cc2o1.Cl. The maximum Gasteiger partial charge on any atom is 0.154 e. The summed E-state index contributed by atoms with van der Waals surface area (Å²) in [6, 6.07) is 4.04. The standard InChI is InChI=1S/C12H12Cl2N2O.ClH/c1-16-4-2-3-9(16)11-6-8-10(17-11)5-7(13)12(14)15-8;/h5-6,9H,2-4H2,1H3;1H/t9-;/m0./s1. The number of hydrogen-bond donors (Lipinski definition) is 0. The molecule has 3 heterocycles. The van der Waals surface area contributed by atoms with Crippen LogP contribution in [0.4, 0.5) is 0 Å². The highest BCUT2D eigenvalue weighted by atomic mass is 35.5. The molecular weight excluding hydrogens is 295 g/mol. The number of furan rings is 1. The zero-order valence-electron chi connectivity index (χ0n) is 9.82. The number of likely N-dealkylation sites (tertiary alicyclic amines) is 1. The Morgan fingerprint density at radius 1 is 1.39 bits per heavy atom. The second-order valence-electron chi connectivity index (χ2n) is 4.43. The zero-order chi connectivity index (χ0) is 12.0. The van der Waals surface area contributed by atoms with Gasteiger partial charge in [-0.25, -0.2) is 4.98 Å². The molecule has 1 saturated heterocycles. The van der Waals surface area contributed by atoms with E-state index in [4.69, 9.17) is 27.6 Å². The predicted octanol–water partition coefficient (Wildman–Crippen LogP) is 4.32. The first-order chi connectivity index (χ1) is 8.15. The molecule has 0 radical (unpaired) electrons. The van der Waals surface area contributed by atoms with Crippen molar-refractivity contribution >= 4 is 46.7 Å². The van der Waals surface area contributed by atoms with Gasteiger partial charge >= 0.3 is 0 Å². The van der Waals surface area contributed by atoms with Crippen LogP contribution in [-0.2, 0) is 0 Å². The van der Waals surface area contributed by atoms with Gasteiger partial charge < -0.3 is 4.42 Å². The van der Waals surface area contributed by atoms with Crippen LogP contribution in [0.2, 0.25) is 10.2 Å². The van der Waals surface area contributed by atoms with Gasteiger partial charge in [-0.3, -0.25) is 4.90 Å². The monoisotopic (exact) mass is 306 g/mol. The molecular formula is C12H13Cl3N2O. The fourth-order valence-corrected chi connectivity index (χ4v) is 2.66. The van der Waals surface area contributed by atoms with E-state index in [-0.39, 0.29) is 12.4 Å². The van der Waals surface area contributed by atoms with Crippen LogP contribution >= 0.6 is 35.6 Å². The van der Waals surface area contributed by atoms with Crippen LogP contribution in [-0.4, -0.2) is 23.5 Å². The van der Waals surface area contributed by atoms with Gasteiger partial charge in [-0.15, -0.1) is 12.4 Å². The first kappa shape index (κ1) is 13.9. The first-order valence-electron chi connectivity index (χ1n) is 5.61. The van der Waals surface area contributed by atoms with Crippen LogP contribution in [0.3, 0.4) is 0 Å². The molecule has 1 fully saturated rings. The molecule has 0 unspecified atom stereocenters. The normalized spacial score (nSPS) is 20.3. The highest BCUT2D eigenvalue weighted by molar-refractivity contribution is 6.41. The van der Waals surface area contributed by atoms with Crippen LogP contribution in [0.1, 0.15) is 24.6 Å². The lowest BCUT2D eigenvalue weighted by molar-refractivity contribution is 0.281. The molecule has 3 rings (SSSR count). The molecule has 2 aromatic heterocycles. The quantitative estimate of drug-likeness (QED) is 0.735. The van der Waals surface area contributed by atoms with E-state index in [2.05, 4.69) is 16.9 Å². The van der Waals surface area contributed by atoms with E-state index in [0.29, 0.717) is 21.8 Å². The van der Waals surface area contributed by atoms with E-state index in [9.17, 15) is 0 Å². The molecule has 0 saturated carbocycles. The Morgan fingerprint density at radius 3 is 2.83 bits per heavy atom. The van der Waals surface area contributed by atoms with E-state index in [1.165, 1.54) is 6.42 Å². The number of aromatic nitrogens is 1. The maximum absolute atomic E-state index is 5.92. The Balaban J connectivity index is 0.00000120. The van der Waals surface area contributed by atoms with Crippen LogP contribution in [0, 0.1) is 0 Å². The summed E-state index contributed by atoms with van der Waals surface area (Å²) < 4.78 is 5.81. The second kappa shape index (κ2) is 5.25. The van der Waals surface area contributed by atoms with Crippen molar-refractivity contribution in [2.75, 3.05) is 13.6 Å². The average Bonchev–Trinajstić information content (AvgIpc) is 2.85. The zero-order valence-corrected chi connectivity index (χ0v) is 12.1. The largest absolute Gasteiger partial charge is 0.458 e. The molecule has 0 N–H and O–H groups in total. The van der Waals surface area contributed by atoms with E-state index in [1.807, 2.05) is 6.07 Å². The molecule has 1 aliphatic rings. The van der Waals surface area contributed by atoms with Gasteiger partial charge in [0.1, 0.15) is 16.4 Å². The number of fused-ring (bicyclic) bond motifs is 1.